The predicted molar refractivity (Wildman–Crippen MR) is 83.5 cm³/mol. The molecule has 0 bridgehead atoms. The number of methoxy groups -OCH3 is 1. The SMILES string of the molecule is COc1cc(C(C)(C)C)c(OCC(=O)O)cc1C(C)(C)C. The van der Waals surface area contributed by atoms with Crippen molar-refractivity contribution in [2.45, 2.75) is 52.4 Å². The van der Waals surface area contributed by atoms with Crippen LogP contribution in [-0.2, 0) is 15.6 Å². The maximum Gasteiger partial charge on any atom is 0.341 e. The standard InChI is InChI=1S/C17H26O4/c1-16(2,3)11-9-14(21-10-15(18)19)12(17(4,5)6)8-13(11)20-7/h8-9H,10H2,1-7H3,(H,18,19). The number of ether oxygens (including phenoxy) is 2. The van der Waals surface area contributed by atoms with Gasteiger partial charge in [0.15, 0.2) is 6.61 Å². The molecule has 118 valence electrons. The Morgan fingerprint density at radius 1 is 1.00 bits per heavy atom. The second-order valence-corrected chi connectivity index (χ2v) is 7.23. The number of rotatable bonds is 4. The maximum atomic E-state index is 10.8. The van der Waals surface area contributed by atoms with E-state index in [2.05, 4.69) is 41.5 Å². The van der Waals surface area contributed by atoms with Gasteiger partial charge in [-0.25, -0.2) is 4.79 Å². The Morgan fingerprint density at radius 3 is 1.81 bits per heavy atom. The van der Waals surface area contributed by atoms with Crippen molar-refractivity contribution in [2.75, 3.05) is 13.7 Å². The van der Waals surface area contributed by atoms with Crippen LogP contribution in [0.5, 0.6) is 11.5 Å². The lowest BCUT2D eigenvalue weighted by atomic mass is 9.81. The summed E-state index contributed by atoms with van der Waals surface area (Å²) in [5.41, 5.74) is 1.65. The predicted octanol–water partition coefficient (Wildman–Crippen LogP) is 3.75. The van der Waals surface area contributed by atoms with Crippen molar-refractivity contribution in [2.24, 2.45) is 0 Å². The molecule has 0 saturated carbocycles. The van der Waals surface area contributed by atoms with E-state index in [1.165, 1.54) is 0 Å². The van der Waals surface area contributed by atoms with Crippen LogP contribution in [0, 0.1) is 0 Å². The number of carbonyl (C=O) groups is 1. The fourth-order valence-electron chi connectivity index (χ4n) is 2.16. The Bertz CT molecular complexity index is 519. The molecule has 0 aliphatic carbocycles. The summed E-state index contributed by atoms with van der Waals surface area (Å²) in [4.78, 5) is 10.8. The highest BCUT2D eigenvalue weighted by atomic mass is 16.5. The molecule has 0 aliphatic heterocycles. The van der Waals surface area contributed by atoms with E-state index in [0.29, 0.717) is 5.75 Å². The minimum atomic E-state index is -0.983. The van der Waals surface area contributed by atoms with Gasteiger partial charge in [-0.2, -0.15) is 0 Å². The quantitative estimate of drug-likeness (QED) is 0.918. The second kappa shape index (κ2) is 5.96. The van der Waals surface area contributed by atoms with Crippen LogP contribution < -0.4 is 9.47 Å². The van der Waals surface area contributed by atoms with E-state index in [9.17, 15) is 4.79 Å². The molecule has 0 unspecified atom stereocenters. The molecule has 4 nitrogen and oxygen atoms in total. The number of carboxylic acid groups (broad SMARTS) is 1. The summed E-state index contributed by atoms with van der Waals surface area (Å²) in [6, 6.07) is 3.86. The molecule has 1 rings (SSSR count). The third kappa shape index (κ3) is 4.38. The second-order valence-electron chi connectivity index (χ2n) is 7.23. The summed E-state index contributed by atoms with van der Waals surface area (Å²) in [7, 11) is 1.65. The topological polar surface area (TPSA) is 55.8 Å². The van der Waals surface area contributed by atoms with Gasteiger partial charge in [0.05, 0.1) is 7.11 Å². The van der Waals surface area contributed by atoms with Gasteiger partial charge in [0, 0.05) is 11.1 Å². The van der Waals surface area contributed by atoms with E-state index in [0.717, 1.165) is 16.9 Å². The fraction of sp³-hybridized carbons (Fsp3) is 0.588. The molecule has 0 radical (unpaired) electrons. The van der Waals surface area contributed by atoms with Crippen molar-refractivity contribution in [3.63, 3.8) is 0 Å². The summed E-state index contributed by atoms with van der Waals surface area (Å²) in [5, 5.41) is 8.85. The highest BCUT2D eigenvalue weighted by Crippen LogP contribution is 2.41. The molecular formula is C17H26O4. The highest BCUT2D eigenvalue weighted by molar-refractivity contribution is 5.68. The highest BCUT2D eigenvalue weighted by Gasteiger charge is 2.26. The Morgan fingerprint density at radius 2 is 1.43 bits per heavy atom. The van der Waals surface area contributed by atoms with Gasteiger partial charge in [-0.15, -0.1) is 0 Å². The smallest absolute Gasteiger partial charge is 0.341 e. The Balaban J connectivity index is 3.46. The molecule has 0 fully saturated rings. The molecule has 0 aliphatic rings. The first-order chi connectivity index (χ1) is 9.46. The summed E-state index contributed by atoms with van der Waals surface area (Å²) in [5.74, 6) is 0.425. The molecule has 0 aromatic heterocycles. The van der Waals surface area contributed by atoms with Crippen molar-refractivity contribution in [1.29, 1.82) is 0 Å². The van der Waals surface area contributed by atoms with Gasteiger partial charge < -0.3 is 14.6 Å². The zero-order valence-electron chi connectivity index (χ0n) is 14.0. The van der Waals surface area contributed by atoms with Crippen LogP contribution in [0.1, 0.15) is 52.7 Å². The molecule has 0 spiro atoms. The minimum absolute atomic E-state index is 0.122. The van der Waals surface area contributed by atoms with E-state index in [1.54, 1.807) is 7.11 Å². The molecule has 4 heteroatoms. The summed E-state index contributed by atoms with van der Waals surface area (Å²) in [6.45, 7) is 12.1. The summed E-state index contributed by atoms with van der Waals surface area (Å²) < 4.78 is 11.0. The normalized spacial score (nSPS) is 12.1. The Kier molecular flexibility index (Phi) is 4.92. The molecule has 0 saturated heterocycles. The fourth-order valence-corrected chi connectivity index (χ4v) is 2.16. The van der Waals surface area contributed by atoms with Crippen molar-refractivity contribution in [3.05, 3.63) is 23.3 Å². The van der Waals surface area contributed by atoms with E-state index >= 15 is 0 Å². The molecule has 1 N–H and O–H groups in total. The molecule has 1 aromatic rings. The van der Waals surface area contributed by atoms with Gasteiger partial charge in [0.1, 0.15) is 11.5 Å². The molecular weight excluding hydrogens is 268 g/mol. The third-order valence-corrected chi connectivity index (χ3v) is 3.27. The maximum absolute atomic E-state index is 10.8. The van der Waals surface area contributed by atoms with Gasteiger partial charge in [-0.3, -0.25) is 0 Å². The van der Waals surface area contributed by atoms with E-state index in [4.69, 9.17) is 14.6 Å². The van der Waals surface area contributed by atoms with Crippen LogP contribution in [0.15, 0.2) is 12.1 Å². The number of hydrogen-bond donors (Lipinski definition) is 1. The average Bonchev–Trinajstić information content (AvgIpc) is 2.32. The van der Waals surface area contributed by atoms with E-state index < -0.39 is 5.97 Å². The largest absolute Gasteiger partial charge is 0.496 e. The molecule has 0 amide bonds. The van der Waals surface area contributed by atoms with Crippen LogP contribution in [0.25, 0.3) is 0 Å². The average molecular weight is 294 g/mol. The van der Waals surface area contributed by atoms with Crippen LogP contribution >= 0.6 is 0 Å². The Hall–Kier alpha value is -1.71. The van der Waals surface area contributed by atoms with Crippen LogP contribution in [-0.4, -0.2) is 24.8 Å². The first-order valence-corrected chi connectivity index (χ1v) is 7.04. The molecule has 21 heavy (non-hydrogen) atoms. The summed E-state index contributed by atoms with van der Waals surface area (Å²) >= 11 is 0. The number of aliphatic carboxylic acids is 1. The zero-order chi connectivity index (χ0) is 16.4. The molecule has 1 aromatic carbocycles. The zero-order valence-corrected chi connectivity index (χ0v) is 14.0. The molecule has 0 heterocycles. The van der Waals surface area contributed by atoms with E-state index in [-0.39, 0.29) is 17.4 Å². The van der Waals surface area contributed by atoms with Gasteiger partial charge in [-0.1, -0.05) is 41.5 Å². The lowest BCUT2D eigenvalue weighted by molar-refractivity contribution is -0.139. The van der Waals surface area contributed by atoms with Crippen LogP contribution in [0.4, 0.5) is 0 Å². The number of hydrogen-bond acceptors (Lipinski definition) is 3. The number of carboxylic acids is 1. The van der Waals surface area contributed by atoms with Crippen molar-refractivity contribution in [1.82, 2.24) is 0 Å². The molecule has 0 atom stereocenters. The first kappa shape index (κ1) is 17.3. The number of benzene rings is 1. The van der Waals surface area contributed by atoms with Crippen molar-refractivity contribution < 1.29 is 19.4 Å². The summed E-state index contributed by atoms with van der Waals surface area (Å²) in [6.07, 6.45) is 0. The van der Waals surface area contributed by atoms with Gasteiger partial charge in [0.25, 0.3) is 0 Å². The van der Waals surface area contributed by atoms with Gasteiger partial charge in [-0.05, 0) is 23.0 Å². The first-order valence-electron chi connectivity index (χ1n) is 7.04. The third-order valence-electron chi connectivity index (χ3n) is 3.27. The monoisotopic (exact) mass is 294 g/mol. The van der Waals surface area contributed by atoms with E-state index in [1.807, 2.05) is 12.1 Å². The van der Waals surface area contributed by atoms with Gasteiger partial charge in [0.2, 0.25) is 0 Å². The van der Waals surface area contributed by atoms with Crippen LogP contribution in [0.3, 0.4) is 0 Å². The Labute approximate surface area is 127 Å². The lowest BCUT2D eigenvalue weighted by Gasteiger charge is -2.28. The van der Waals surface area contributed by atoms with Crippen LogP contribution in [0.2, 0.25) is 0 Å². The minimum Gasteiger partial charge on any atom is -0.496 e. The van der Waals surface area contributed by atoms with Crippen molar-refractivity contribution in [3.8, 4) is 11.5 Å². The lowest BCUT2D eigenvalue weighted by Crippen LogP contribution is -2.19. The van der Waals surface area contributed by atoms with Gasteiger partial charge >= 0.3 is 5.97 Å². The van der Waals surface area contributed by atoms with Crippen molar-refractivity contribution >= 4 is 5.97 Å².